The summed E-state index contributed by atoms with van der Waals surface area (Å²) >= 11 is 5.98. The van der Waals surface area contributed by atoms with Crippen molar-refractivity contribution >= 4 is 28.5 Å². The van der Waals surface area contributed by atoms with Gasteiger partial charge in [-0.15, -0.1) is 0 Å². The number of fused-ring (bicyclic) bond motifs is 1. The van der Waals surface area contributed by atoms with Gasteiger partial charge in [0.2, 0.25) is 11.2 Å². The molecule has 0 spiro atoms. The lowest BCUT2D eigenvalue weighted by molar-refractivity contribution is -0.154. The standard InChI is InChI=1S/C25H16ClF3O5/c1-13-7-8-14(2)19(11-13)33-22-21(30)17-10-9-15(12-20(17)34-23(22)25(27,28)29)32-24(31)16-5-3-4-6-18(16)26/h3-12H,1-2H3. The summed E-state index contributed by atoms with van der Waals surface area (Å²) in [6.07, 6.45) is -5.02. The van der Waals surface area contributed by atoms with Gasteiger partial charge in [0.25, 0.3) is 5.76 Å². The van der Waals surface area contributed by atoms with Gasteiger partial charge in [0, 0.05) is 6.07 Å². The molecule has 0 saturated carbocycles. The van der Waals surface area contributed by atoms with Crippen LogP contribution in [-0.4, -0.2) is 5.97 Å². The summed E-state index contributed by atoms with van der Waals surface area (Å²) in [7, 11) is 0. The predicted molar refractivity (Wildman–Crippen MR) is 120 cm³/mol. The number of carbonyl (C=O) groups is 1. The molecule has 0 saturated heterocycles. The number of alkyl halides is 3. The number of carbonyl (C=O) groups excluding carboxylic acids is 1. The SMILES string of the molecule is Cc1ccc(C)c(Oc2c(C(F)(F)F)oc3cc(OC(=O)c4ccccc4Cl)ccc3c2=O)c1. The van der Waals surface area contributed by atoms with Crippen LogP contribution in [0.1, 0.15) is 27.2 Å². The van der Waals surface area contributed by atoms with Gasteiger partial charge in [0.15, 0.2) is 0 Å². The van der Waals surface area contributed by atoms with Crippen molar-refractivity contribution in [3.63, 3.8) is 0 Å². The highest BCUT2D eigenvalue weighted by atomic mass is 35.5. The topological polar surface area (TPSA) is 65.7 Å². The second kappa shape index (κ2) is 8.87. The molecule has 0 amide bonds. The summed E-state index contributed by atoms with van der Waals surface area (Å²) in [5.74, 6) is -3.42. The Labute approximate surface area is 196 Å². The van der Waals surface area contributed by atoms with E-state index in [2.05, 4.69) is 0 Å². The molecule has 0 atom stereocenters. The Balaban J connectivity index is 1.79. The molecule has 3 aromatic carbocycles. The van der Waals surface area contributed by atoms with Crippen LogP contribution in [0, 0.1) is 13.8 Å². The molecule has 0 fully saturated rings. The van der Waals surface area contributed by atoms with Gasteiger partial charge in [0.05, 0.1) is 16.0 Å². The first kappa shape index (κ1) is 23.4. The number of halogens is 4. The minimum Gasteiger partial charge on any atom is -0.449 e. The van der Waals surface area contributed by atoms with Gasteiger partial charge in [-0.05, 0) is 55.3 Å². The van der Waals surface area contributed by atoms with Crippen molar-refractivity contribution < 1.29 is 31.9 Å². The summed E-state index contributed by atoms with van der Waals surface area (Å²) in [5.41, 5.74) is -0.0862. The van der Waals surface area contributed by atoms with E-state index >= 15 is 0 Å². The average molecular weight is 489 g/mol. The Bertz CT molecular complexity index is 1470. The van der Waals surface area contributed by atoms with Crippen LogP contribution in [0.2, 0.25) is 5.02 Å². The van der Waals surface area contributed by atoms with Crippen LogP contribution in [0.15, 0.2) is 69.9 Å². The highest BCUT2D eigenvalue weighted by Gasteiger charge is 2.40. The number of ether oxygens (including phenoxy) is 2. The first-order valence-electron chi connectivity index (χ1n) is 9.94. The smallest absolute Gasteiger partial charge is 0.449 e. The van der Waals surface area contributed by atoms with E-state index in [1.807, 2.05) is 0 Å². The van der Waals surface area contributed by atoms with E-state index in [-0.39, 0.29) is 27.5 Å². The number of rotatable bonds is 4. The third-order valence-corrected chi connectivity index (χ3v) is 5.27. The summed E-state index contributed by atoms with van der Waals surface area (Å²) in [6.45, 7) is 3.38. The lowest BCUT2D eigenvalue weighted by atomic mass is 10.1. The molecule has 0 unspecified atom stereocenters. The van der Waals surface area contributed by atoms with Crippen molar-refractivity contribution in [3.05, 3.63) is 98.4 Å². The molecule has 174 valence electrons. The quantitative estimate of drug-likeness (QED) is 0.226. The van der Waals surface area contributed by atoms with Crippen LogP contribution >= 0.6 is 11.6 Å². The number of benzene rings is 3. The van der Waals surface area contributed by atoms with Crippen molar-refractivity contribution in [3.8, 4) is 17.2 Å². The molecule has 0 aliphatic rings. The molecular weight excluding hydrogens is 473 g/mol. The van der Waals surface area contributed by atoms with Gasteiger partial charge in [-0.25, -0.2) is 4.79 Å². The van der Waals surface area contributed by atoms with Crippen LogP contribution in [0.25, 0.3) is 11.0 Å². The average Bonchev–Trinajstić information content (AvgIpc) is 2.77. The maximum absolute atomic E-state index is 13.8. The largest absolute Gasteiger partial charge is 0.453 e. The van der Waals surface area contributed by atoms with Gasteiger partial charge >= 0.3 is 12.1 Å². The molecule has 1 aromatic heterocycles. The third-order valence-electron chi connectivity index (χ3n) is 4.94. The van der Waals surface area contributed by atoms with Crippen LogP contribution in [0.5, 0.6) is 17.2 Å². The lowest BCUT2D eigenvalue weighted by Crippen LogP contribution is -2.16. The molecule has 9 heteroatoms. The monoisotopic (exact) mass is 488 g/mol. The van der Waals surface area contributed by atoms with E-state index in [4.69, 9.17) is 25.5 Å². The summed E-state index contributed by atoms with van der Waals surface area (Å²) in [4.78, 5) is 25.4. The zero-order valence-electron chi connectivity index (χ0n) is 17.8. The van der Waals surface area contributed by atoms with Gasteiger partial charge in [0.1, 0.15) is 17.1 Å². The van der Waals surface area contributed by atoms with E-state index in [0.29, 0.717) is 5.56 Å². The summed E-state index contributed by atoms with van der Waals surface area (Å²) < 4.78 is 57.1. The highest BCUT2D eigenvalue weighted by Crippen LogP contribution is 2.39. The van der Waals surface area contributed by atoms with Crippen LogP contribution < -0.4 is 14.9 Å². The third kappa shape index (κ3) is 4.63. The Morgan fingerprint density at radius 2 is 1.74 bits per heavy atom. The number of aryl methyl sites for hydroxylation is 2. The van der Waals surface area contributed by atoms with Crippen molar-refractivity contribution in [2.24, 2.45) is 0 Å². The Morgan fingerprint density at radius 3 is 2.44 bits per heavy atom. The molecule has 0 N–H and O–H groups in total. The van der Waals surface area contributed by atoms with Crippen molar-refractivity contribution in [2.75, 3.05) is 0 Å². The summed E-state index contributed by atoms with van der Waals surface area (Å²) in [5, 5.41) is -0.0294. The molecule has 4 rings (SSSR count). The van der Waals surface area contributed by atoms with Gasteiger partial charge < -0.3 is 13.9 Å². The minimum absolute atomic E-state index is 0.0685. The second-order valence-electron chi connectivity index (χ2n) is 7.49. The van der Waals surface area contributed by atoms with E-state index in [9.17, 15) is 22.8 Å². The minimum atomic E-state index is -5.02. The highest BCUT2D eigenvalue weighted by molar-refractivity contribution is 6.33. The first-order chi connectivity index (χ1) is 16.0. The Kier molecular flexibility index (Phi) is 6.10. The molecule has 0 aliphatic carbocycles. The zero-order chi connectivity index (χ0) is 24.6. The molecule has 4 aromatic rings. The fourth-order valence-corrected chi connectivity index (χ4v) is 3.43. The van der Waals surface area contributed by atoms with E-state index < -0.39 is 34.7 Å². The molecule has 1 heterocycles. The maximum Gasteiger partial charge on any atom is 0.453 e. The van der Waals surface area contributed by atoms with Crippen LogP contribution in [0.3, 0.4) is 0 Å². The van der Waals surface area contributed by atoms with E-state index in [1.54, 1.807) is 38.1 Å². The number of hydrogen-bond acceptors (Lipinski definition) is 5. The molecular formula is C25H16ClF3O5. The Morgan fingerprint density at radius 1 is 1.00 bits per heavy atom. The van der Waals surface area contributed by atoms with Crippen molar-refractivity contribution in [1.29, 1.82) is 0 Å². The molecule has 5 nitrogen and oxygen atoms in total. The first-order valence-corrected chi connectivity index (χ1v) is 10.3. The van der Waals surface area contributed by atoms with E-state index in [1.165, 1.54) is 30.3 Å². The maximum atomic E-state index is 13.8. The molecule has 0 aliphatic heterocycles. The lowest BCUT2D eigenvalue weighted by Gasteiger charge is -2.15. The van der Waals surface area contributed by atoms with Gasteiger partial charge in [-0.3, -0.25) is 4.79 Å². The number of hydrogen-bond donors (Lipinski definition) is 0. The predicted octanol–water partition coefficient (Wildman–Crippen LogP) is 7.09. The van der Waals surface area contributed by atoms with Gasteiger partial charge in [-0.2, -0.15) is 13.2 Å². The normalized spacial score (nSPS) is 11.5. The molecule has 0 bridgehead atoms. The summed E-state index contributed by atoms with van der Waals surface area (Å²) in [6, 6.07) is 14.6. The molecule has 0 radical (unpaired) electrons. The second-order valence-corrected chi connectivity index (χ2v) is 7.89. The van der Waals surface area contributed by atoms with Crippen molar-refractivity contribution in [2.45, 2.75) is 20.0 Å². The zero-order valence-corrected chi connectivity index (χ0v) is 18.6. The van der Waals surface area contributed by atoms with E-state index in [0.717, 1.165) is 11.6 Å². The fourth-order valence-electron chi connectivity index (χ4n) is 3.22. The van der Waals surface area contributed by atoms with Crippen molar-refractivity contribution in [1.82, 2.24) is 0 Å². The number of esters is 1. The van der Waals surface area contributed by atoms with Crippen LogP contribution in [0.4, 0.5) is 13.2 Å². The van der Waals surface area contributed by atoms with Crippen LogP contribution in [-0.2, 0) is 6.18 Å². The molecule has 34 heavy (non-hydrogen) atoms. The Hall–Kier alpha value is -3.78. The fraction of sp³-hybridized carbons (Fsp3) is 0.120. The van der Waals surface area contributed by atoms with Gasteiger partial charge in [-0.1, -0.05) is 35.9 Å².